The van der Waals surface area contributed by atoms with E-state index in [1.165, 1.54) is 18.2 Å². The molecule has 6 heteroatoms. The summed E-state index contributed by atoms with van der Waals surface area (Å²) in [6.07, 6.45) is 0. The Balaban J connectivity index is 2.25. The summed E-state index contributed by atoms with van der Waals surface area (Å²) < 4.78 is 5.94. The molecule has 0 saturated carbocycles. The van der Waals surface area contributed by atoms with Crippen LogP contribution in [0.25, 0.3) is 33.4 Å². The average molecular weight is 362 g/mol. The summed E-state index contributed by atoms with van der Waals surface area (Å²) in [6, 6.07) is 14.3. The third-order valence-electron chi connectivity index (χ3n) is 4.62. The molecule has 0 aromatic heterocycles. The molecule has 0 amide bonds. The standard InChI is InChI=1S/C21H15NO5/c22-10-16-17(24)8-7-15-19(12-3-1-2-4-13(12)21(25)26)14-6-5-11(23)9-18(14)27-20(15)16/h1-9,24H,10,22H2,(H,25,26)/p+1. The number of carbonyl (C=O) groups is 1. The van der Waals surface area contributed by atoms with E-state index in [9.17, 15) is 19.8 Å². The first-order valence-corrected chi connectivity index (χ1v) is 8.34. The van der Waals surface area contributed by atoms with Crippen LogP contribution in [0.3, 0.4) is 0 Å². The topological polar surface area (TPSA) is 115 Å². The summed E-state index contributed by atoms with van der Waals surface area (Å²) in [4.78, 5) is 23.6. The number of benzene rings is 3. The lowest BCUT2D eigenvalue weighted by Crippen LogP contribution is -2.47. The predicted molar refractivity (Wildman–Crippen MR) is 99.8 cm³/mol. The molecule has 0 radical (unpaired) electrons. The van der Waals surface area contributed by atoms with E-state index in [2.05, 4.69) is 5.73 Å². The van der Waals surface area contributed by atoms with E-state index in [1.54, 1.807) is 36.4 Å². The molecule has 6 nitrogen and oxygen atoms in total. The van der Waals surface area contributed by atoms with Gasteiger partial charge in [0.05, 0.1) is 11.1 Å². The zero-order chi connectivity index (χ0) is 19.1. The highest BCUT2D eigenvalue weighted by molar-refractivity contribution is 6.08. The Hall–Kier alpha value is -3.64. The van der Waals surface area contributed by atoms with E-state index in [4.69, 9.17) is 4.42 Å². The number of carboxylic acid groups (broad SMARTS) is 1. The monoisotopic (exact) mass is 362 g/mol. The van der Waals surface area contributed by atoms with Gasteiger partial charge in [-0.2, -0.15) is 0 Å². The predicted octanol–water partition coefficient (Wildman–Crippen LogP) is 2.71. The third-order valence-corrected chi connectivity index (χ3v) is 4.62. The maximum atomic E-state index is 11.8. The molecular formula is C21H16NO5+. The second-order valence-corrected chi connectivity index (χ2v) is 6.18. The molecule has 134 valence electrons. The Bertz CT molecular complexity index is 1230. The first-order valence-electron chi connectivity index (χ1n) is 8.34. The van der Waals surface area contributed by atoms with Crippen LogP contribution in [0.15, 0.2) is 63.8 Å². The van der Waals surface area contributed by atoms with Gasteiger partial charge in [0, 0.05) is 22.6 Å². The Morgan fingerprint density at radius 2 is 1.81 bits per heavy atom. The number of phenols is 1. The van der Waals surface area contributed by atoms with E-state index >= 15 is 0 Å². The number of phenolic OH excluding ortho intramolecular Hbond substituents is 1. The summed E-state index contributed by atoms with van der Waals surface area (Å²) in [5.41, 5.74) is 6.41. The molecule has 2 aliphatic rings. The van der Waals surface area contributed by atoms with Crippen LogP contribution in [0.2, 0.25) is 0 Å². The smallest absolute Gasteiger partial charge is 0.336 e. The van der Waals surface area contributed by atoms with E-state index < -0.39 is 5.97 Å². The summed E-state index contributed by atoms with van der Waals surface area (Å²) in [5, 5.41) is 20.5. The van der Waals surface area contributed by atoms with Gasteiger partial charge in [-0.1, -0.05) is 18.2 Å². The van der Waals surface area contributed by atoms with Gasteiger partial charge < -0.3 is 20.4 Å². The minimum absolute atomic E-state index is 0.0383. The molecule has 0 fully saturated rings. The fourth-order valence-electron chi connectivity index (χ4n) is 3.40. The van der Waals surface area contributed by atoms with Crippen molar-refractivity contribution in [2.45, 2.75) is 6.54 Å². The van der Waals surface area contributed by atoms with Gasteiger partial charge >= 0.3 is 5.97 Å². The van der Waals surface area contributed by atoms with E-state index in [-0.39, 0.29) is 23.3 Å². The second kappa shape index (κ2) is 6.26. The van der Waals surface area contributed by atoms with Crippen LogP contribution in [0.1, 0.15) is 15.9 Å². The zero-order valence-electron chi connectivity index (χ0n) is 14.2. The van der Waals surface area contributed by atoms with Crippen molar-refractivity contribution in [1.82, 2.24) is 0 Å². The molecule has 2 aromatic carbocycles. The highest BCUT2D eigenvalue weighted by Gasteiger charge is 2.23. The Kier molecular flexibility index (Phi) is 3.90. The molecule has 2 aromatic rings. The van der Waals surface area contributed by atoms with Crippen molar-refractivity contribution < 1.29 is 25.2 Å². The third kappa shape index (κ3) is 2.63. The minimum Gasteiger partial charge on any atom is -0.507 e. The van der Waals surface area contributed by atoms with Crippen molar-refractivity contribution in [3.05, 3.63) is 75.9 Å². The quantitative estimate of drug-likeness (QED) is 0.485. The Morgan fingerprint density at radius 1 is 1.04 bits per heavy atom. The molecule has 0 atom stereocenters. The molecule has 4 rings (SSSR count). The molecule has 1 heterocycles. The number of aromatic carboxylic acids is 1. The summed E-state index contributed by atoms with van der Waals surface area (Å²) in [7, 11) is 0. The maximum Gasteiger partial charge on any atom is 0.336 e. The van der Waals surface area contributed by atoms with Gasteiger partial charge in [0.2, 0.25) is 0 Å². The van der Waals surface area contributed by atoms with E-state index in [0.29, 0.717) is 39.0 Å². The van der Waals surface area contributed by atoms with Gasteiger partial charge in [-0.25, -0.2) is 4.79 Å². The van der Waals surface area contributed by atoms with Gasteiger partial charge in [0.15, 0.2) is 5.43 Å². The van der Waals surface area contributed by atoms with Crippen LogP contribution in [0.5, 0.6) is 5.75 Å². The van der Waals surface area contributed by atoms with Gasteiger partial charge in [-0.05, 0) is 35.9 Å². The lowest BCUT2D eigenvalue weighted by Gasteiger charge is -2.17. The molecule has 1 aliphatic heterocycles. The van der Waals surface area contributed by atoms with Crippen molar-refractivity contribution >= 4 is 16.9 Å². The number of carboxylic acids is 1. The van der Waals surface area contributed by atoms with Crippen molar-refractivity contribution in [2.75, 3.05) is 0 Å². The average Bonchev–Trinajstić information content (AvgIpc) is 2.66. The summed E-state index contributed by atoms with van der Waals surface area (Å²) >= 11 is 0. The van der Waals surface area contributed by atoms with Crippen molar-refractivity contribution in [3.8, 4) is 28.2 Å². The van der Waals surface area contributed by atoms with Gasteiger partial charge in [-0.3, -0.25) is 4.79 Å². The van der Waals surface area contributed by atoms with E-state index in [0.717, 1.165) is 0 Å². The molecule has 0 bridgehead atoms. The Morgan fingerprint density at radius 3 is 2.56 bits per heavy atom. The van der Waals surface area contributed by atoms with Crippen molar-refractivity contribution in [3.63, 3.8) is 0 Å². The molecule has 27 heavy (non-hydrogen) atoms. The zero-order valence-corrected chi connectivity index (χ0v) is 14.2. The number of fused-ring (bicyclic) bond motifs is 2. The fourth-order valence-corrected chi connectivity index (χ4v) is 3.40. The number of rotatable bonds is 3. The van der Waals surface area contributed by atoms with Crippen molar-refractivity contribution in [1.29, 1.82) is 0 Å². The summed E-state index contributed by atoms with van der Waals surface area (Å²) in [5.74, 6) is -0.689. The van der Waals surface area contributed by atoms with Crippen LogP contribution in [0.4, 0.5) is 0 Å². The fraction of sp³-hybridized carbons (Fsp3) is 0.0476. The van der Waals surface area contributed by atoms with Crippen LogP contribution >= 0.6 is 0 Å². The van der Waals surface area contributed by atoms with Gasteiger partial charge in [0.25, 0.3) is 0 Å². The molecule has 1 aliphatic carbocycles. The van der Waals surface area contributed by atoms with Crippen LogP contribution < -0.4 is 11.2 Å². The first-order chi connectivity index (χ1) is 13.0. The second-order valence-electron chi connectivity index (χ2n) is 6.18. The van der Waals surface area contributed by atoms with Crippen LogP contribution in [-0.2, 0) is 6.54 Å². The lowest BCUT2D eigenvalue weighted by molar-refractivity contribution is -0.386. The normalized spacial score (nSPS) is 11.1. The minimum atomic E-state index is -1.05. The van der Waals surface area contributed by atoms with Crippen molar-refractivity contribution in [2.24, 2.45) is 0 Å². The number of aromatic hydroxyl groups is 1. The molecule has 0 unspecified atom stereocenters. The lowest BCUT2D eigenvalue weighted by atomic mass is 9.90. The first kappa shape index (κ1) is 16.8. The number of quaternary nitrogens is 1. The van der Waals surface area contributed by atoms with E-state index in [1.807, 2.05) is 0 Å². The number of hydrogen-bond acceptors (Lipinski definition) is 4. The number of hydrogen-bond donors (Lipinski definition) is 3. The molecular weight excluding hydrogens is 346 g/mol. The van der Waals surface area contributed by atoms with Gasteiger partial charge in [-0.15, -0.1) is 0 Å². The maximum absolute atomic E-state index is 11.8. The molecule has 0 spiro atoms. The summed E-state index contributed by atoms with van der Waals surface area (Å²) in [6.45, 7) is 0.273. The van der Waals surface area contributed by atoms with Crippen LogP contribution in [-0.4, -0.2) is 16.2 Å². The highest BCUT2D eigenvalue weighted by Crippen LogP contribution is 2.43. The SMILES string of the molecule is [NH3+]Cc1c(O)ccc2c(-c3ccccc3C(=O)O)c3ccc(=O)cc-3oc12. The molecule has 5 N–H and O–H groups in total. The van der Waals surface area contributed by atoms with Crippen LogP contribution in [0, 0.1) is 0 Å². The Labute approximate surface area is 153 Å². The highest BCUT2D eigenvalue weighted by atomic mass is 16.4. The van der Waals surface area contributed by atoms with Gasteiger partial charge in [0.1, 0.15) is 23.6 Å². The molecule has 0 saturated heterocycles. The largest absolute Gasteiger partial charge is 0.507 e.